The van der Waals surface area contributed by atoms with E-state index >= 15 is 0 Å². The van der Waals surface area contributed by atoms with Crippen molar-refractivity contribution in [3.63, 3.8) is 0 Å². The number of esters is 1. The summed E-state index contributed by atoms with van der Waals surface area (Å²) < 4.78 is 31.5. The van der Waals surface area contributed by atoms with E-state index < -0.39 is 34.5 Å². The van der Waals surface area contributed by atoms with Gasteiger partial charge >= 0.3 is 5.97 Å². The summed E-state index contributed by atoms with van der Waals surface area (Å²) in [7, 11) is -2.81. The van der Waals surface area contributed by atoms with Crippen LogP contribution in [-0.2, 0) is 24.3 Å². The molecule has 7 nitrogen and oxygen atoms in total. The summed E-state index contributed by atoms with van der Waals surface area (Å²) in [4.78, 5) is 23.6. The number of carbonyl (C=O) groups excluding carboxylic acids is 2. The third-order valence-electron chi connectivity index (χ3n) is 3.45. The fourth-order valence-electron chi connectivity index (χ4n) is 2.15. The second-order valence-electron chi connectivity index (χ2n) is 6.13. The van der Waals surface area contributed by atoms with E-state index in [-0.39, 0.29) is 15.8 Å². The van der Waals surface area contributed by atoms with Crippen molar-refractivity contribution in [3.05, 3.63) is 27.7 Å². The number of ether oxygens (including phenoxy) is 1. The van der Waals surface area contributed by atoms with Crippen molar-refractivity contribution in [2.24, 2.45) is 5.92 Å². The summed E-state index contributed by atoms with van der Waals surface area (Å²) in [6.45, 7) is 4.86. The summed E-state index contributed by atoms with van der Waals surface area (Å²) >= 11 is 11.8. The Morgan fingerprint density at radius 3 is 2.35 bits per heavy atom. The Morgan fingerprint density at radius 2 is 1.81 bits per heavy atom. The first-order valence-corrected chi connectivity index (χ1v) is 10.0. The van der Waals surface area contributed by atoms with Crippen molar-refractivity contribution in [2.45, 2.75) is 38.1 Å². The highest BCUT2D eigenvalue weighted by Gasteiger charge is 2.24. The smallest absolute Gasteiger partial charge is 0.328 e. The standard InChI is InChI=1S/C16H22Cl2N2O5S/c1-9(2)5-13(16(22)25-4)20-15(21)8-19-26(23,24)14-6-10(3)11(17)7-12(14)18/h6-7,9,13,19H,5,8H2,1-4H3,(H,20,21). The molecule has 0 aliphatic carbocycles. The predicted molar refractivity (Wildman–Crippen MR) is 99.8 cm³/mol. The van der Waals surface area contributed by atoms with Gasteiger partial charge in [0.15, 0.2) is 0 Å². The summed E-state index contributed by atoms with van der Waals surface area (Å²) in [6, 6.07) is 1.79. The average molecular weight is 425 g/mol. The van der Waals surface area contributed by atoms with E-state index in [4.69, 9.17) is 23.2 Å². The molecule has 0 aromatic heterocycles. The third kappa shape index (κ3) is 6.42. The van der Waals surface area contributed by atoms with Gasteiger partial charge in [-0.2, -0.15) is 0 Å². The number of hydrogen-bond donors (Lipinski definition) is 2. The molecule has 10 heteroatoms. The van der Waals surface area contributed by atoms with Crippen LogP contribution in [0.3, 0.4) is 0 Å². The Morgan fingerprint density at radius 1 is 1.19 bits per heavy atom. The minimum Gasteiger partial charge on any atom is -0.467 e. The lowest BCUT2D eigenvalue weighted by molar-refractivity contribution is -0.145. The van der Waals surface area contributed by atoms with Crippen LogP contribution in [0.4, 0.5) is 0 Å². The van der Waals surface area contributed by atoms with Gasteiger partial charge in [0.25, 0.3) is 0 Å². The van der Waals surface area contributed by atoms with Crippen LogP contribution >= 0.6 is 23.2 Å². The number of carbonyl (C=O) groups is 2. The highest BCUT2D eigenvalue weighted by Crippen LogP contribution is 2.27. The third-order valence-corrected chi connectivity index (χ3v) is 5.73. The molecule has 0 saturated heterocycles. The van der Waals surface area contributed by atoms with Gasteiger partial charge in [-0.05, 0) is 37.0 Å². The molecule has 2 N–H and O–H groups in total. The van der Waals surface area contributed by atoms with Gasteiger partial charge in [-0.15, -0.1) is 0 Å². The monoisotopic (exact) mass is 424 g/mol. The number of nitrogens with one attached hydrogen (secondary N) is 2. The molecule has 0 aliphatic heterocycles. The summed E-state index contributed by atoms with van der Waals surface area (Å²) in [5, 5.41) is 2.74. The molecule has 26 heavy (non-hydrogen) atoms. The molecule has 1 aromatic carbocycles. The van der Waals surface area contributed by atoms with Crippen LogP contribution < -0.4 is 10.0 Å². The molecule has 1 amide bonds. The molecule has 0 saturated carbocycles. The highest BCUT2D eigenvalue weighted by atomic mass is 35.5. The first kappa shape index (κ1) is 22.7. The molecule has 1 unspecified atom stereocenters. The topological polar surface area (TPSA) is 102 Å². The zero-order valence-corrected chi connectivity index (χ0v) is 17.3. The van der Waals surface area contributed by atoms with Crippen LogP contribution in [0, 0.1) is 12.8 Å². The highest BCUT2D eigenvalue weighted by molar-refractivity contribution is 7.89. The second-order valence-corrected chi connectivity index (χ2v) is 8.68. The number of hydrogen-bond acceptors (Lipinski definition) is 5. The number of sulfonamides is 1. The quantitative estimate of drug-likeness (QED) is 0.623. The number of aryl methyl sites for hydroxylation is 1. The van der Waals surface area contributed by atoms with Crippen LogP contribution in [0.25, 0.3) is 0 Å². The lowest BCUT2D eigenvalue weighted by Crippen LogP contribution is -2.46. The number of amides is 1. The van der Waals surface area contributed by atoms with Crippen molar-refractivity contribution in [3.8, 4) is 0 Å². The largest absolute Gasteiger partial charge is 0.467 e. The maximum Gasteiger partial charge on any atom is 0.328 e. The Bertz CT molecular complexity index is 781. The van der Waals surface area contributed by atoms with Gasteiger partial charge in [0.2, 0.25) is 15.9 Å². The molecule has 1 rings (SSSR count). The Kier molecular flexibility index (Phi) is 8.33. The zero-order valence-electron chi connectivity index (χ0n) is 14.9. The SMILES string of the molecule is COC(=O)C(CC(C)C)NC(=O)CNS(=O)(=O)c1cc(C)c(Cl)cc1Cl. The molecule has 0 aliphatic rings. The molecule has 1 atom stereocenters. The van der Waals surface area contributed by atoms with Gasteiger partial charge in [-0.25, -0.2) is 17.9 Å². The van der Waals surface area contributed by atoms with Gasteiger partial charge in [0.05, 0.1) is 18.7 Å². The summed E-state index contributed by atoms with van der Waals surface area (Å²) in [5.74, 6) is -1.12. The van der Waals surface area contributed by atoms with Crippen molar-refractivity contribution in [2.75, 3.05) is 13.7 Å². The maximum atomic E-state index is 12.4. The lowest BCUT2D eigenvalue weighted by Gasteiger charge is -2.18. The number of benzene rings is 1. The van der Waals surface area contributed by atoms with E-state index in [1.54, 1.807) is 6.92 Å². The van der Waals surface area contributed by atoms with Gasteiger partial charge in [-0.3, -0.25) is 4.79 Å². The fourth-order valence-corrected chi connectivity index (χ4v) is 3.96. The number of halogens is 2. The fraction of sp³-hybridized carbons (Fsp3) is 0.500. The number of rotatable bonds is 8. The Balaban J connectivity index is 2.82. The minimum atomic E-state index is -4.03. The zero-order chi connectivity index (χ0) is 20.1. The Hall–Kier alpha value is -1.35. The van der Waals surface area contributed by atoms with Crippen LogP contribution in [-0.4, -0.2) is 40.0 Å². The predicted octanol–water partition coefficient (Wildman–Crippen LogP) is 2.28. The molecule has 0 spiro atoms. The van der Waals surface area contributed by atoms with Crippen LogP contribution in [0.5, 0.6) is 0 Å². The Labute approximate surface area is 163 Å². The number of methoxy groups -OCH3 is 1. The van der Waals surface area contributed by atoms with E-state index in [1.165, 1.54) is 19.2 Å². The van der Waals surface area contributed by atoms with E-state index in [9.17, 15) is 18.0 Å². The molecule has 0 fully saturated rings. The van der Waals surface area contributed by atoms with Crippen LogP contribution in [0.15, 0.2) is 17.0 Å². The minimum absolute atomic E-state index is 0.0549. The molecular weight excluding hydrogens is 403 g/mol. The molecule has 0 radical (unpaired) electrons. The van der Waals surface area contributed by atoms with E-state index in [1.807, 2.05) is 13.8 Å². The van der Waals surface area contributed by atoms with Crippen molar-refractivity contribution < 1.29 is 22.7 Å². The molecule has 0 bridgehead atoms. The maximum absolute atomic E-state index is 12.4. The van der Waals surface area contributed by atoms with Gasteiger partial charge in [-0.1, -0.05) is 37.0 Å². The first-order chi connectivity index (χ1) is 12.0. The second kappa shape index (κ2) is 9.55. The molecule has 146 valence electrons. The van der Waals surface area contributed by atoms with E-state index in [0.29, 0.717) is 17.0 Å². The lowest BCUT2D eigenvalue weighted by atomic mass is 10.0. The summed E-state index contributed by atoms with van der Waals surface area (Å²) in [6.07, 6.45) is 0.368. The van der Waals surface area contributed by atoms with Crippen LogP contribution in [0.1, 0.15) is 25.8 Å². The molecular formula is C16H22Cl2N2O5S. The van der Waals surface area contributed by atoms with E-state index in [0.717, 1.165) is 0 Å². The van der Waals surface area contributed by atoms with Gasteiger partial charge in [0, 0.05) is 5.02 Å². The normalized spacial score (nSPS) is 12.7. The first-order valence-electron chi connectivity index (χ1n) is 7.80. The van der Waals surface area contributed by atoms with E-state index in [2.05, 4.69) is 14.8 Å². The van der Waals surface area contributed by atoms with Crippen molar-refractivity contribution in [1.29, 1.82) is 0 Å². The van der Waals surface area contributed by atoms with Crippen molar-refractivity contribution >= 4 is 45.1 Å². The van der Waals surface area contributed by atoms with Gasteiger partial charge in [0.1, 0.15) is 10.9 Å². The molecule has 0 heterocycles. The molecule has 1 aromatic rings. The average Bonchev–Trinajstić information content (AvgIpc) is 2.54. The van der Waals surface area contributed by atoms with Gasteiger partial charge < -0.3 is 10.1 Å². The summed E-state index contributed by atoms with van der Waals surface area (Å²) in [5.41, 5.74) is 0.531. The van der Waals surface area contributed by atoms with Crippen LogP contribution in [0.2, 0.25) is 10.0 Å². The van der Waals surface area contributed by atoms with Crippen molar-refractivity contribution in [1.82, 2.24) is 10.0 Å².